The molecule has 0 amide bonds. The van der Waals surface area contributed by atoms with E-state index in [2.05, 4.69) is 45.1 Å². The number of nitrogens with one attached hydrogen (secondary N) is 1. The quantitative estimate of drug-likeness (QED) is 0.644. The number of nitrogens with zero attached hydrogens (tertiary/aromatic N) is 1. The van der Waals surface area contributed by atoms with Gasteiger partial charge in [0.2, 0.25) is 0 Å². The number of carbonyl (C=O) groups is 1. The van der Waals surface area contributed by atoms with Crippen LogP contribution in [0.5, 0.6) is 0 Å². The molecule has 3 heteroatoms. The third kappa shape index (κ3) is 11.7. The van der Waals surface area contributed by atoms with E-state index in [1.807, 2.05) is 0 Å². The van der Waals surface area contributed by atoms with Crippen molar-refractivity contribution in [2.75, 3.05) is 33.7 Å². The van der Waals surface area contributed by atoms with Crippen molar-refractivity contribution >= 4 is 5.78 Å². The number of carbonyl (C=O) groups excluding carboxylic acids is 1. The minimum atomic E-state index is 0.272. The second-order valence-electron chi connectivity index (χ2n) is 5.90. The lowest BCUT2D eigenvalue weighted by atomic mass is 9.89. The van der Waals surface area contributed by atoms with Crippen LogP contribution in [0.2, 0.25) is 0 Å². The number of hydrogen-bond acceptors (Lipinski definition) is 3. The van der Waals surface area contributed by atoms with Gasteiger partial charge in [0.25, 0.3) is 0 Å². The van der Waals surface area contributed by atoms with Crippen LogP contribution in [-0.4, -0.2) is 44.4 Å². The minimum Gasteiger partial charge on any atom is -0.315 e. The first-order valence-electron chi connectivity index (χ1n) is 6.18. The Balaban J connectivity index is 3.38. The molecule has 0 saturated carbocycles. The third-order valence-corrected chi connectivity index (χ3v) is 2.47. The van der Waals surface area contributed by atoms with Gasteiger partial charge in [0.05, 0.1) is 0 Å². The SMILES string of the molecule is CN(C)CCNCCC(=O)CCC(C)(C)C. The Labute approximate surface area is 101 Å². The molecule has 0 heterocycles. The van der Waals surface area contributed by atoms with E-state index in [1.54, 1.807) is 0 Å². The fourth-order valence-corrected chi connectivity index (χ4v) is 1.29. The Morgan fingerprint density at radius 2 is 1.75 bits per heavy atom. The molecular formula is C13H28N2O. The summed E-state index contributed by atoms with van der Waals surface area (Å²) < 4.78 is 0. The van der Waals surface area contributed by atoms with Crippen molar-refractivity contribution in [1.82, 2.24) is 10.2 Å². The third-order valence-electron chi connectivity index (χ3n) is 2.47. The lowest BCUT2D eigenvalue weighted by Gasteiger charge is -2.17. The van der Waals surface area contributed by atoms with E-state index in [1.165, 1.54) is 0 Å². The first kappa shape index (κ1) is 15.6. The molecule has 1 N–H and O–H groups in total. The molecule has 96 valence electrons. The summed E-state index contributed by atoms with van der Waals surface area (Å²) in [6.45, 7) is 9.33. The predicted molar refractivity (Wildman–Crippen MR) is 69.7 cm³/mol. The highest BCUT2D eigenvalue weighted by Crippen LogP contribution is 2.20. The molecule has 0 unspecified atom stereocenters. The van der Waals surface area contributed by atoms with Crippen molar-refractivity contribution in [3.05, 3.63) is 0 Å². The lowest BCUT2D eigenvalue weighted by molar-refractivity contribution is -0.119. The number of likely N-dealkylation sites (N-methyl/N-ethyl adjacent to an activating group) is 1. The van der Waals surface area contributed by atoms with Crippen LogP contribution in [0.4, 0.5) is 0 Å². The van der Waals surface area contributed by atoms with Crippen LogP contribution in [0, 0.1) is 5.41 Å². The van der Waals surface area contributed by atoms with Gasteiger partial charge >= 0.3 is 0 Å². The van der Waals surface area contributed by atoms with Gasteiger partial charge in [-0.2, -0.15) is 0 Å². The zero-order valence-electron chi connectivity index (χ0n) is 11.6. The molecule has 0 aromatic heterocycles. The first-order chi connectivity index (χ1) is 7.31. The molecule has 0 aliphatic carbocycles. The van der Waals surface area contributed by atoms with Crippen LogP contribution in [0.3, 0.4) is 0 Å². The summed E-state index contributed by atoms with van der Waals surface area (Å²) in [6, 6.07) is 0. The van der Waals surface area contributed by atoms with Crippen molar-refractivity contribution in [3.63, 3.8) is 0 Å². The van der Waals surface area contributed by atoms with Gasteiger partial charge < -0.3 is 10.2 Å². The fourth-order valence-electron chi connectivity index (χ4n) is 1.29. The van der Waals surface area contributed by atoms with Gasteiger partial charge in [-0.3, -0.25) is 4.79 Å². The molecule has 16 heavy (non-hydrogen) atoms. The molecule has 0 bridgehead atoms. The van der Waals surface area contributed by atoms with Crippen LogP contribution in [0.25, 0.3) is 0 Å². The monoisotopic (exact) mass is 228 g/mol. The van der Waals surface area contributed by atoms with Crippen molar-refractivity contribution in [2.45, 2.75) is 40.0 Å². The second kappa shape index (κ2) is 7.80. The minimum absolute atomic E-state index is 0.272. The van der Waals surface area contributed by atoms with Crippen LogP contribution < -0.4 is 5.32 Å². The first-order valence-corrected chi connectivity index (χ1v) is 6.18. The van der Waals surface area contributed by atoms with Gasteiger partial charge in [-0.25, -0.2) is 0 Å². The van der Waals surface area contributed by atoms with E-state index < -0.39 is 0 Å². The van der Waals surface area contributed by atoms with Gasteiger partial charge in [-0.15, -0.1) is 0 Å². The van der Waals surface area contributed by atoms with Gasteiger partial charge in [0, 0.05) is 32.5 Å². The summed E-state index contributed by atoms with van der Waals surface area (Å²) >= 11 is 0. The van der Waals surface area contributed by atoms with E-state index in [-0.39, 0.29) is 5.41 Å². The molecule has 0 aromatic carbocycles. The number of Topliss-reactive ketones (excluding diaryl/α,β-unsaturated/α-hetero) is 1. The van der Waals surface area contributed by atoms with Gasteiger partial charge in [0.1, 0.15) is 5.78 Å². The van der Waals surface area contributed by atoms with Crippen LogP contribution >= 0.6 is 0 Å². The number of hydrogen-bond donors (Lipinski definition) is 1. The summed E-state index contributed by atoms with van der Waals surface area (Å²) in [7, 11) is 4.10. The van der Waals surface area contributed by atoms with Crippen LogP contribution in [0.15, 0.2) is 0 Å². The van der Waals surface area contributed by atoms with E-state index in [4.69, 9.17) is 0 Å². The normalized spacial score (nSPS) is 12.1. The smallest absolute Gasteiger partial charge is 0.134 e. The average Bonchev–Trinajstić information content (AvgIpc) is 2.12. The van der Waals surface area contributed by atoms with Crippen LogP contribution in [-0.2, 0) is 4.79 Å². The average molecular weight is 228 g/mol. The lowest BCUT2D eigenvalue weighted by Crippen LogP contribution is -2.28. The Morgan fingerprint density at radius 3 is 2.25 bits per heavy atom. The summed E-state index contributed by atoms with van der Waals surface area (Å²) in [4.78, 5) is 13.7. The van der Waals surface area contributed by atoms with Gasteiger partial charge in [-0.1, -0.05) is 20.8 Å². The maximum Gasteiger partial charge on any atom is 0.134 e. The van der Waals surface area contributed by atoms with Crippen LogP contribution in [0.1, 0.15) is 40.0 Å². The molecule has 0 atom stereocenters. The zero-order chi connectivity index (χ0) is 12.6. The number of rotatable bonds is 8. The van der Waals surface area contributed by atoms with Gasteiger partial charge in [0.15, 0.2) is 0 Å². The molecule has 3 nitrogen and oxygen atoms in total. The highest BCUT2D eigenvalue weighted by atomic mass is 16.1. The standard InChI is InChI=1S/C13H28N2O/c1-13(2,3)8-6-12(16)7-9-14-10-11-15(4)5/h14H,6-11H2,1-5H3. The van der Waals surface area contributed by atoms with Crippen molar-refractivity contribution < 1.29 is 4.79 Å². The Bertz CT molecular complexity index is 195. The zero-order valence-corrected chi connectivity index (χ0v) is 11.6. The van der Waals surface area contributed by atoms with Crippen molar-refractivity contribution in [3.8, 4) is 0 Å². The molecule has 0 radical (unpaired) electrons. The molecule has 0 saturated heterocycles. The predicted octanol–water partition coefficient (Wildman–Crippen LogP) is 1.92. The van der Waals surface area contributed by atoms with E-state index in [9.17, 15) is 4.79 Å². The summed E-state index contributed by atoms with van der Waals surface area (Å²) in [5, 5.41) is 3.28. The molecule has 0 spiro atoms. The summed E-state index contributed by atoms with van der Waals surface area (Å²) in [6.07, 6.45) is 2.38. The topological polar surface area (TPSA) is 32.3 Å². The fraction of sp³-hybridized carbons (Fsp3) is 0.923. The summed E-state index contributed by atoms with van der Waals surface area (Å²) in [5.41, 5.74) is 0.272. The number of ketones is 1. The molecule has 0 aliphatic heterocycles. The highest BCUT2D eigenvalue weighted by Gasteiger charge is 2.12. The van der Waals surface area contributed by atoms with E-state index in [0.29, 0.717) is 12.2 Å². The molecule has 0 rings (SSSR count). The maximum absolute atomic E-state index is 11.5. The molecule has 0 fully saturated rings. The summed E-state index contributed by atoms with van der Waals surface area (Å²) in [5.74, 6) is 0.382. The van der Waals surface area contributed by atoms with Gasteiger partial charge in [-0.05, 0) is 25.9 Å². The second-order valence-corrected chi connectivity index (χ2v) is 5.90. The molecular weight excluding hydrogens is 200 g/mol. The highest BCUT2D eigenvalue weighted by molar-refractivity contribution is 5.78. The van der Waals surface area contributed by atoms with E-state index in [0.717, 1.165) is 32.5 Å². The molecule has 0 aliphatic rings. The Kier molecular flexibility index (Phi) is 7.60. The van der Waals surface area contributed by atoms with Crippen molar-refractivity contribution in [1.29, 1.82) is 0 Å². The molecule has 0 aromatic rings. The Hall–Kier alpha value is -0.410. The Morgan fingerprint density at radius 1 is 1.12 bits per heavy atom. The van der Waals surface area contributed by atoms with E-state index >= 15 is 0 Å². The maximum atomic E-state index is 11.5. The largest absolute Gasteiger partial charge is 0.315 e. The van der Waals surface area contributed by atoms with Crippen molar-refractivity contribution in [2.24, 2.45) is 5.41 Å².